The average molecular weight is 290 g/mol. The Morgan fingerprint density at radius 1 is 1.35 bits per heavy atom. The molecular weight excluding hydrogens is 278 g/mol. The number of alkyl halides is 3. The van der Waals surface area contributed by atoms with Crippen LogP contribution in [0.4, 0.5) is 13.2 Å². The van der Waals surface area contributed by atoms with Crippen molar-refractivity contribution in [1.82, 2.24) is 0 Å². The van der Waals surface area contributed by atoms with Crippen LogP contribution in [-0.4, -0.2) is 11.7 Å². The van der Waals surface area contributed by atoms with E-state index in [1.807, 2.05) is 0 Å². The van der Waals surface area contributed by atoms with Gasteiger partial charge in [0, 0.05) is 17.7 Å². The molecule has 0 aliphatic carbocycles. The van der Waals surface area contributed by atoms with Crippen molar-refractivity contribution in [3.05, 3.63) is 34.3 Å². The summed E-state index contributed by atoms with van der Waals surface area (Å²) in [7, 11) is 0. The molecule has 7 heteroatoms. The largest absolute Gasteiger partial charge is 0.416 e. The van der Waals surface area contributed by atoms with Crippen LogP contribution < -0.4 is 5.73 Å². The minimum Gasteiger partial charge on any atom is -0.396 e. The fourth-order valence-electron chi connectivity index (χ4n) is 1.30. The third-order valence-electron chi connectivity index (χ3n) is 2.16. The average Bonchev–Trinajstić information content (AvgIpc) is 2.16. The van der Waals surface area contributed by atoms with Crippen LogP contribution in [-0.2, 0) is 6.18 Å². The number of halogens is 5. The van der Waals surface area contributed by atoms with Crippen molar-refractivity contribution in [1.29, 1.82) is 0 Å². The minimum atomic E-state index is -4.42. The summed E-state index contributed by atoms with van der Waals surface area (Å²) in [4.78, 5) is 0. The van der Waals surface area contributed by atoms with Gasteiger partial charge in [-0.1, -0.05) is 11.6 Å². The molecule has 0 heterocycles. The summed E-state index contributed by atoms with van der Waals surface area (Å²) in [6.07, 6.45) is -4.25. The van der Waals surface area contributed by atoms with Crippen molar-refractivity contribution in [2.75, 3.05) is 6.61 Å². The van der Waals surface area contributed by atoms with Gasteiger partial charge >= 0.3 is 6.18 Å². The highest BCUT2D eigenvalue weighted by Gasteiger charge is 2.31. The van der Waals surface area contributed by atoms with Crippen molar-refractivity contribution >= 4 is 24.0 Å². The van der Waals surface area contributed by atoms with E-state index in [-0.39, 0.29) is 36.0 Å². The van der Waals surface area contributed by atoms with Crippen molar-refractivity contribution in [2.45, 2.75) is 18.6 Å². The normalized spacial score (nSPS) is 13.1. The van der Waals surface area contributed by atoms with Crippen LogP contribution in [0.15, 0.2) is 18.2 Å². The summed E-state index contributed by atoms with van der Waals surface area (Å²) in [5.74, 6) is 0. The predicted molar refractivity (Wildman–Crippen MR) is 62.3 cm³/mol. The third-order valence-corrected chi connectivity index (χ3v) is 2.51. The topological polar surface area (TPSA) is 46.2 Å². The molecule has 0 aliphatic rings. The van der Waals surface area contributed by atoms with Crippen molar-refractivity contribution in [3.8, 4) is 0 Å². The van der Waals surface area contributed by atoms with Crippen molar-refractivity contribution in [2.24, 2.45) is 5.73 Å². The van der Waals surface area contributed by atoms with E-state index in [1.54, 1.807) is 0 Å². The highest BCUT2D eigenvalue weighted by molar-refractivity contribution is 6.31. The Morgan fingerprint density at radius 3 is 2.41 bits per heavy atom. The number of nitrogens with two attached hydrogens (primary N) is 1. The minimum absolute atomic E-state index is 0. The van der Waals surface area contributed by atoms with Gasteiger partial charge in [0.25, 0.3) is 0 Å². The molecule has 98 valence electrons. The van der Waals surface area contributed by atoms with Crippen LogP contribution in [0.1, 0.15) is 23.6 Å². The fraction of sp³-hybridized carbons (Fsp3) is 0.400. The summed E-state index contributed by atoms with van der Waals surface area (Å²) in [6.45, 7) is -0.201. The van der Waals surface area contributed by atoms with Crippen LogP contribution in [0, 0.1) is 0 Å². The van der Waals surface area contributed by atoms with Gasteiger partial charge in [0.1, 0.15) is 0 Å². The molecule has 1 atom stereocenters. The van der Waals surface area contributed by atoms with Gasteiger partial charge in [-0.2, -0.15) is 13.2 Å². The molecule has 0 fully saturated rings. The van der Waals surface area contributed by atoms with Gasteiger partial charge in [-0.3, -0.25) is 0 Å². The molecule has 0 radical (unpaired) electrons. The molecule has 1 aromatic carbocycles. The molecule has 0 aliphatic heterocycles. The monoisotopic (exact) mass is 289 g/mol. The van der Waals surface area contributed by atoms with E-state index in [0.29, 0.717) is 0 Å². The molecule has 3 N–H and O–H groups in total. The Bertz CT molecular complexity index is 371. The van der Waals surface area contributed by atoms with Gasteiger partial charge in [-0.05, 0) is 30.2 Å². The number of hydrogen-bond donors (Lipinski definition) is 2. The molecule has 0 amide bonds. The zero-order chi connectivity index (χ0) is 12.3. The van der Waals surface area contributed by atoms with E-state index in [1.165, 1.54) is 0 Å². The molecule has 2 nitrogen and oxygen atoms in total. The molecule has 0 bridgehead atoms. The Morgan fingerprint density at radius 2 is 1.94 bits per heavy atom. The van der Waals surface area contributed by atoms with Crippen LogP contribution in [0.5, 0.6) is 0 Å². The number of aliphatic hydroxyl groups excluding tert-OH is 1. The summed E-state index contributed by atoms with van der Waals surface area (Å²) in [5.41, 5.74) is 5.01. The molecule has 0 aromatic heterocycles. The maximum atomic E-state index is 12.4. The molecule has 1 rings (SSSR count). The van der Waals surface area contributed by atoms with E-state index >= 15 is 0 Å². The number of benzene rings is 1. The lowest BCUT2D eigenvalue weighted by Gasteiger charge is -2.15. The Kier molecular flexibility index (Phi) is 6.26. The van der Waals surface area contributed by atoms with Gasteiger partial charge < -0.3 is 10.8 Å². The second-order valence-electron chi connectivity index (χ2n) is 3.35. The Hall–Kier alpha value is -0.490. The summed E-state index contributed by atoms with van der Waals surface area (Å²) < 4.78 is 37.2. The van der Waals surface area contributed by atoms with Crippen molar-refractivity contribution in [3.63, 3.8) is 0 Å². The Labute approximate surface area is 108 Å². The number of aliphatic hydroxyl groups is 1. The zero-order valence-electron chi connectivity index (χ0n) is 8.67. The van der Waals surface area contributed by atoms with E-state index in [9.17, 15) is 13.2 Å². The second-order valence-corrected chi connectivity index (χ2v) is 3.76. The first-order chi connectivity index (χ1) is 7.36. The maximum Gasteiger partial charge on any atom is 0.416 e. The highest BCUT2D eigenvalue weighted by Crippen LogP contribution is 2.33. The SMILES string of the molecule is Cl.NC(CCO)c1cc(C(F)(F)F)ccc1Cl. The van der Waals surface area contributed by atoms with Crippen LogP contribution in [0.25, 0.3) is 0 Å². The zero-order valence-corrected chi connectivity index (χ0v) is 10.2. The molecule has 17 heavy (non-hydrogen) atoms. The number of hydrogen-bond acceptors (Lipinski definition) is 2. The quantitative estimate of drug-likeness (QED) is 0.898. The van der Waals surface area contributed by atoms with Gasteiger partial charge in [0.2, 0.25) is 0 Å². The first kappa shape index (κ1) is 16.5. The van der Waals surface area contributed by atoms with Crippen LogP contribution in [0.2, 0.25) is 5.02 Å². The summed E-state index contributed by atoms with van der Waals surface area (Å²) in [6, 6.07) is 2.29. The Balaban J connectivity index is 0.00000256. The molecule has 1 unspecified atom stereocenters. The van der Waals surface area contributed by atoms with E-state index in [4.69, 9.17) is 22.4 Å². The lowest BCUT2D eigenvalue weighted by atomic mass is 10.0. The van der Waals surface area contributed by atoms with Crippen molar-refractivity contribution < 1.29 is 18.3 Å². The van der Waals surface area contributed by atoms with Crippen LogP contribution >= 0.6 is 24.0 Å². The lowest BCUT2D eigenvalue weighted by molar-refractivity contribution is -0.137. The molecule has 1 aromatic rings. The lowest BCUT2D eigenvalue weighted by Crippen LogP contribution is -2.14. The first-order valence-corrected chi connectivity index (χ1v) is 4.97. The van der Waals surface area contributed by atoms with Gasteiger partial charge in [0.15, 0.2) is 0 Å². The maximum absolute atomic E-state index is 12.4. The van der Waals surface area contributed by atoms with E-state index in [0.717, 1.165) is 18.2 Å². The molecule has 0 saturated carbocycles. The second kappa shape index (κ2) is 6.44. The van der Waals surface area contributed by atoms with E-state index in [2.05, 4.69) is 0 Å². The van der Waals surface area contributed by atoms with Gasteiger partial charge in [-0.15, -0.1) is 12.4 Å². The van der Waals surface area contributed by atoms with Gasteiger partial charge in [0.05, 0.1) is 5.56 Å². The third kappa shape index (κ3) is 4.35. The van der Waals surface area contributed by atoms with E-state index < -0.39 is 17.8 Å². The molecule has 0 saturated heterocycles. The van der Waals surface area contributed by atoms with Crippen LogP contribution in [0.3, 0.4) is 0 Å². The van der Waals surface area contributed by atoms with Gasteiger partial charge in [-0.25, -0.2) is 0 Å². The highest BCUT2D eigenvalue weighted by atomic mass is 35.5. The summed E-state index contributed by atoms with van der Waals surface area (Å²) in [5, 5.41) is 8.85. The fourth-order valence-corrected chi connectivity index (χ4v) is 1.56. The molecular formula is C10H12Cl2F3NO. The number of rotatable bonds is 3. The smallest absolute Gasteiger partial charge is 0.396 e. The summed E-state index contributed by atoms with van der Waals surface area (Å²) >= 11 is 5.75. The predicted octanol–water partition coefficient (Wildman–Crippen LogP) is 3.16. The molecule has 0 spiro atoms. The first-order valence-electron chi connectivity index (χ1n) is 4.59. The standard InChI is InChI=1S/C10H11ClF3NO.ClH/c11-8-2-1-6(10(12,13)14)5-7(8)9(15)3-4-16;/h1-2,5,9,16H,3-4,15H2;1H.